The Hall–Kier alpha value is -2.45. The van der Waals surface area contributed by atoms with Gasteiger partial charge >= 0.3 is 0 Å². The molecule has 0 spiro atoms. The van der Waals surface area contributed by atoms with Gasteiger partial charge in [0.05, 0.1) is 6.61 Å². The summed E-state index contributed by atoms with van der Waals surface area (Å²) >= 11 is 0. The fourth-order valence-corrected chi connectivity index (χ4v) is 3.31. The van der Waals surface area contributed by atoms with Gasteiger partial charge in [-0.15, -0.1) is 0 Å². The highest BCUT2D eigenvalue weighted by molar-refractivity contribution is 5.99. The van der Waals surface area contributed by atoms with Gasteiger partial charge in [-0.2, -0.15) is 0 Å². The predicted octanol–water partition coefficient (Wildman–Crippen LogP) is 1.35. The van der Waals surface area contributed by atoms with Crippen LogP contribution in [0.1, 0.15) is 37.0 Å². The SMILES string of the molecule is COCC1(CNC(=O)c2cc(NC(C)=O)cc(NC(C)=O)c2)CCNCC1. The second-order valence-electron chi connectivity index (χ2n) is 7.03. The highest BCUT2D eigenvalue weighted by atomic mass is 16.5. The molecule has 1 aromatic rings. The third-order valence-electron chi connectivity index (χ3n) is 4.57. The average Bonchev–Trinajstić information content (AvgIpc) is 2.59. The van der Waals surface area contributed by atoms with Crippen LogP contribution in [0.4, 0.5) is 11.4 Å². The number of ether oxygens (including phenoxy) is 1. The summed E-state index contributed by atoms with van der Waals surface area (Å²) in [4.78, 5) is 35.4. The number of piperidine rings is 1. The lowest BCUT2D eigenvalue weighted by molar-refractivity contribution is -0.115. The Morgan fingerprint density at radius 1 is 1.04 bits per heavy atom. The Balaban J connectivity index is 2.15. The molecule has 27 heavy (non-hydrogen) atoms. The molecule has 1 heterocycles. The number of rotatable bonds is 7. The van der Waals surface area contributed by atoms with Crippen LogP contribution in [0.15, 0.2) is 18.2 Å². The van der Waals surface area contributed by atoms with Crippen LogP contribution in [0.3, 0.4) is 0 Å². The number of carbonyl (C=O) groups is 3. The quantitative estimate of drug-likeness (QED) is 0.574. The van der Waals surface area contributed by atoms with Gasteiger partial charge in [-0.3, -0.25) is 14.4 Å². The van der Waals surface area contributed by atoms with Crippen LogP contribution in [0, 0.1) is 5.41 Å². The molecule has 1 fully saturated rings. The number of hydrogen-bond acceptors (Lipinski definition) is 5. The van der Waals surface area contributed by atoms with Crippen molar-refractivity contribution >= 4 is 29.1 Å². The molecule has 8 heteroatoms. The topological polar surface area (TPSA) is 109 Å². The van der Waals surface area contributed by atoms with Crippen molar-refractivity contribution < 1.29 is 19.1 Å². The number of hydrogen-bond donors (Lipinski definition) is 4. The van der Waals surface area contributed by atoms with E-state index in [1.54, 1.807) is 25.3 Å². The first-order valence-corrected chi connectivity index (χ1v) is 9.02. The molecule has 0 aliphatic carbocycles. The van der Waals surface area contributed by atoms with Crippen LogP contribution in [0.25, 0.3) is 0 Å². The minimum Gasteiger partial charge on any atom is -0.384 e. The van der Waals surface area contributed by atoms with Gasteiger partial charge in [0.2, 0.25) is 11.8 Å². The lowest BCUT2D eigenvalue weighted by Crippen LogP contribution is -2.47. The first-order chi connectivity index (χ1) is 12.8. The van der Waals surface area contributed by atoms with Gasteiger partial charge in [0, 0.05) is 49.9 Å². The molecule has 148 valence electrons. The molecule has 0 unspecified atom stereocenters. The summed E-state index contributed by atoms with van der Waals surface area (Å²) < 4.78 is 5.37. The maximum absolute atomic E-state index is 12.7. The summed E-state index contributed by atoms with van der Waals surface area (Å²) in [7, 11) is 1.67. The molecule has 0 bridgehead atoms. The second kappa shape index (κ2) is 9.48. The normalized spacial score (nSPS) is 15.7. The van der Waals surface area contributed by atoms with Gasteiger partial charge in [-0.25, -0.2) is 0 Å². The Morgan fingerprint density at radius 3 is 2.07 bits per heavy atom. The predicted molar refractivity (Wildman–Crippen MR) is 104 cm³/mol. The van der Waals surface area contributed by atoms with Gasteiger partial charge in [0.1, 0.15) is 0 Å². The van der Waals surface area contributed by atoms with Gasteiger partial charge in [-0.05, 0) is 44.1 Å². The standard InChI is InChI=1S/C19H28N4O4/c1-13(24)22-16-8-15(9-17(10-16)23-14(2)25)18(26)21-11-19(12-27-3)4-6-20-7-5-19/h8-10,20H,4-7,11-12H2,1-3H3,(H,21,26)(H,22,24)(H,23,25). The zero-order valence-electron chi connectivity index (χ0n) is 16.1. The molecule has 1 aliphatic rings. The van der Waals surface area contributed by atoms with E-state index in [0.29, 0.717) is 30.1 Å². The van der Waals surface area contributed by atoms with E-state index in [1.807, 2.05) is 0 Å². The van der Waals surface area contributed by atoms with Crippen molar-refractivity contribution in [3.63, 3.8) is 0 Å². The van der Waals surface area contributed by atoms with Crippen molar-refractivity contribution in [1.82, 2.24) is 10.6 Å². The van der Waals surface area contributed by atoms with Crippen molar-refractivity contribution in [2.75, 3.05) is 44.0 Å². The van der Waals surface area contributed by atoms with Crippen LogP contribution in [-0.4, -0.2) is 51.1 Å². The molecule has 8 nitrogen and oxygen atoms in total. The average molecular weight is 376 g/mol. The summed E-state index contributed by atoms with van der Waals surface area (Å²) in [6.45, 7) is 5.64. The maximum atomic E-state index is 12.7. The zero-order valence-corrected chi connectivity index (χ0v) is 16.1. The Kier molecular flexibility index (Phi) is 7.32. The summed E-state index contributed by atoms with van der Waals surface area (Å²) in [6.07, 6.45) is 1.84. The largest absolute Gasteiger partial charge is 0.384 e. The molecule has 0 saturated carbocycles. The Morgan fingerprint density at radius 2 is 1.59 bits per heavy atom. The second-order valence-corrected chi connectivity index (χ2v) is 7.03. The third kappa shape index (κ3) is 6.33. The van der Waals surface area contributed by atoms with Gasteiger partial charge in [0.25, 0.3) is 5.91 Å². The van der Waals surface area contributed by atoms with Crippen LogP contribution in [-0.2, 0) is 14.3 Å². The molecule has 1 aromatic carbocycles. The zero-order chi connectivity index (χ0) is 19.9. The van der Waals surface area contributed by atoms with E-state index in [1.165, 1.54) is 13.8 Å². The fourth-order valence-electron chi connectivity index (χ4n) is 3.31. The van der Waals surface area contributed by atoms with E-state index in [0.717, 1.165) is 25.9 Å². The molecule has 3 amide bonds. The van der Waals surface area contributed by atoms with Crippen molar-refractivity contribution in [2.45, 2.75) is 26.7 Å². The summed E-state index contributed by atoms with van der Waals surface area (Å²) in [6, 6.07) is 4.79. The number of methoxy groups -OCH3 is 1. The van der Waals surface area contributed by atoms with Gasteiger partial charge < -0.3 is 26.0 Å². The van der Waals surface area contributed by atoms with E-state index < -0.39 is 0 Å². The van der Waals surface area contributed by atoms with E-state index in [-0.39, 0.29) is 23.1 Å². The van der Waals surface area contributed by atoms with Crippen molar-refractivity contribution in [3.05, 3.63) is 23.8 Å². The third-order valence-corrected chi connectivity index (χ3v) is 4.57. The molecule has 4 N–H and O–H groups in total. The highest BCUT2D eigenvalue weighted by Crippen LogP contribution is 2.28. The monoisotopic (exact) mass is 376 g/mol. The number of anilines is 2. The molecular weight excluding hydrogens is 348 g/mol. The Bertz CT molecular complexity index is 659. The lowest BCUT2D eigenvalue weighted by atomic mass is 9.79. The van der Waals surface area contributed by atoms with E-state index >= 15 is 0 Å². The van der Waals surface area contributed by atoms with Crippen molar-refractivity contribution in [1.29, 1.82) is 0 Å². The lowest BCUT2D eigenvalue weighted by Gasteiger charge is -2.37. The summed E-state index contributed by atoms with van der Waals surface area (Å²) in [5.74, 6) is -0.770. The summed E-state index contributed by atoms with van der Waals surface area (Å²) in [5.41, 5.74) is 1.18. The fraction of sp³-hybridized carbons (Fsp3) is 0.526. The molecule has 0 radical (unpaired) electrons. The van der Waals surface area contributed by atoms with Gasteiger partial charge in [-0.1, -0.05) is 0 Å². The molecule has 1 saturated heterocycles. The van der Waals surface area contributed by atoms with Crippen molar-refractivity contribution in [2.24, 2.45) is 5.41 Å². The van der Waals surface area contributed by atoms with E-state index in [9.17, 15) is 14.4 Å². The van der Waals surface area contributed by atoms with E-state index in [2.05, 4.69) is 21.3 Å². The minimum atomic E-state index is -0.261. The van der Waals surface area contributed by atoms with Gasteiger partial charge in [0.15, 0.2) is 0 Å². The smallest absolute Gasteiger partial charge is 0.251 e. The molecular formula is C19H28N4O4. The Labute approximate surface area is 159 Å². The first kappa shape index (κ1) is 20.9. The molecule has 1 aliphatic heterocycles. The summed E-state index contributed by atoms with van der Waals surface area (Å²) in [5, 5.41) is 11.6. The van der Waals surface area contributed by atoms with Crippen LogP contribution in [0.5, 0.6) is 0 Å². The molecule has 2 rings (SSSR count). The van der Waals surface area contributed by atoms with E-state index in [4.69, 9.17) is 4.74 Å². The highest BCUT2D eigenvalue weighted by Gasteiger charge is 2.32. The number of nitrogens with one attached hydrogen (secondary N) is 4. The first-order valence-electron chi connectivity index (χ1n) is 9.02. The molecule has 0 aromatic heterocycles. The van der Waals surface area contributed by atoms with Crippen LogP contribution >= 0.6 is 0 Å². The van der Waals surface area contributed by atoms with Crippen molar-refractivity contribution in [3.8, 4) is 0 Å². The number of amides is 3. The van der Waals surface area contributed by atoms with Crippen LogP contribution in [0.2, 0.25) is 0 Å². The maximum Gasteiger partial charge on any atom is 0.251 e. The number of benzene rings is 1. The van der Waals surface area contributed by atoms with Crippen LogP contribution < -0.4 is 21.3 Å². The molecule has 0 atom stereocenters. The minimum absolute atomic E-state index is 0.0919. The number of carbonyl (C=O) groups excluding carboxylic acids is 3.